The summed E-state index contributed by atoms with van der Waals surface area (Å²) < 4.78 is 5.70. The van der Waals surface area contributed by atoms with E-state index in [1.54, 1.807) is 6.07 Å². The van der Waals surface area contributed by atoms with Crippen molar-refractivity contribution in [1.82, 2.24) is 15.4 Å². The van der Waals surface area contributed by atoms with Gasteiger partial charge in [-0.15, -0.1) is 0 Å². The molecule has 142 valence electrons. The summed E-state index contributed by atoms with van der Waals surface area (Å²) in [5.74, 6) is 1.09. The molecule has 4 aromatic rings. The highest BCUT2D eigenvalue weighted by Crippen LogP contribution is 2.24. The molecule has 0 radical (unpaired) electrons. The van der Waals surface area contributed by atoms with E-state index in [1.165, 1.54) is 12.1 Å². The minimum atomic E-state index is 0.162. The van der Waals surface area contributed by atoms with E-state index in [0.29, 0.717) is 13.2 Å². The highest BCUT2D eigenvalue weighted by Gasteiger charge is 2.04. The summed E-state index contributed by atoms with van der Waals surface area (Å²) in [6, 6.07) is 18.2. The number of benzene rings is 3. The molecule has 0 spiro atoms. The normalized spacial score (nSPS) is 10.9. The van der Waals surface area contributed by atoms with Crippen molar-refractivity contribution in [2.45, 2.75) is 12.8 Å². The molecule has 0 atom stereocenters. The Morgan fingerprint density at radius 1 is 0.857 bits per heavy atom. The number of aromatic nitrogens is 3. The number of aromatic hydroxyl groups is 2. The fraction of sp³-hybridized carbons (Fsp3) is 0.143. The van der Waals surface area contributed by atoms with Gasteiger partial charge in [0.1, 0.15) is 28.3 Å². The Morgan fingerprint density at radius 3 is 2.54 bits per heavy atom. The van der Waals surface area contributed by atoms with Gasteiger partial charge in [0.2, 0.25) is 0 Å². The smallest absolute Gasteiger partial charge is 0.159 e. The molecule has 28 heavy (non-hydrogen) atoms. The zero-order valence-corrected chi connectivity index (χ0v) is 15.1. The molecule has 7 nitrogen and oxygen atoms in total. The number of aryl methyl sites for hydroxylation is 2. The third-order valence-electron chi connectivity index (χ3n) is 4.50. The number of hydrogen-bond acceptors (Lipinski definition) is 6. The van der Waals surface area contributed by atoms with E-state index in [0.717, 1.165) is 40.0 Å². The van der Waals surface area contributed by atoms with Gasteiger partial charge in [-0.25, -0.2) is 0 Å². The number of anilines is 1. The summed E-state index contributed by atoms with van der Waals surface area (Å²) in [5.41, 5.74) is 4.39. The van der Waals surface area contributed by atoms with Crippen molar-refractivity contribution in [3.05, 3.63) is 71.8 Å². The van der Waals surface area contributed by atoms with Crippen LogP contribution in [0.25, 0.3) is 11.0 Å². The van der Waals surface area contributed by atoms with Crippen molar-refractivity contribution < 1.29 is 14.9 Å². The van der Waals surface area contributed by atoms with E-state index in [4.69, 9.17) is 4.74 Å². The summed E-state index contributed by atoms with van der Waals surface area (Å²) in [6.07, 6.45) is 1.42. The van der Waals surface area contributed by atoms with E-state index in [-0.39, 0.29) is 11.5 Å². The van der Waals surface area contributed by atoms with Gasteiger partial charge >= 0.3 is 0 Å². The van der Waals surface area contributed by atoms with Gasteiger partial charge in [0, 0.05) is 11.8 Å². The average Bonchev–Trinajstić information content (AvgIpc) is 3.17. The second-order valence-electron chi connectivity index (χ2n) is 6.45. The van der Waals surface area contributed by atoms with Crippen molar-refractivity contribution in [1.29, 1.82) is 0 Å². The van der Waals surface area contributed by atoms with Gasteiger partial charge < -0.3 is 20.3 Å². The van der Waals surface area contributed by atoms with Crippen LogP contribution in [0.1, 0.15) is 11.1 Å². The number of ether oxygens (including phenoxy) is 1. The number of aromatic amines is 1. The predicted octanol–water partition coefficient (Wildman–Crippen LogP) is 3.60. The number of nitrogens with one attached hydrogen (secondary N) is 2. The molecular formula is C21H20N4O3. The van der Waals surface area contributed by atoms with Gasteiger partial charge in [0.05, 0.1) is 0 Å². The summed E-state index contributed by atoms with van der Waals surface area (Å²) in [7, 11) is 0. The maximum Gasteiger partial charge on any atom is 0.159 e. The van der Waals surface area contributed by atoms with Crippen LogP contribution in [0.3, 0.4) is 0 Å². The third-order valence-corrected chi connectivity index (χ3v) is 4.50. The first-order valence-corrected chi connectivity index (χ1v) is 8.94. The first kappa shape index (κ1) is 17.7. The van der Waals surface area contributed by atoms with Crippen LogP contribution in [0.2, 0.25) is 0 Å². The van der Waals surface area contributed by atoms with Crippen LogP contribution < -0.4 is 10.1 Å². The van der Waals surface area contributed by atoms with Gasteiger partial charge in [-0.3, -0.25) is 0 Å². The Balaban J connectivity index is 1.28. The predicted molar refractivity (Wildman–Crippen MR) is 107 cm³/mol. The summed E-state index contributed by atoms with van der Waals surface area (Å²) in [4.78, 5) is 0. The largest absolute Gasteiger partial charge is 0.508 e. The van der Waals surface area contributed by atoms with Crippen molar-refractivity contribution in [3.8, 4) is 17.2 Å². The standard InChI is InChI=1S/C21H20N4O3/c26-17-7-10-21(27)15(11-17)4-1-14-2-5-16(6-3-14)22-13-28-18-8-9-19-20(12-18)24-25-23-19/h2-3,5-12,22,26-27H,1,4,13H2,(H,23,24,25). The van der Waals surface area contributed by atoms with Crippen LogP contribution in [0.15, 0.2) is 60.7 Å². The molecule has 7 heteroatoms. The van der Waals surface area contributed by atoms with Crippen molar-refractivity contribution in [2.24, 2.45) is 0 Å². The number of phenolic OH excluding ortho intramolecular Hbond substituents is 2. The highest BCUT2D eigenvalue weighted by atomic mass is 16.5. The van der Waals surface area contributed by atoms with Crippen LogP contribution in [0.4, 0.5) is 5.69 Å². The topological polar surface area (TPSA) is 103 Å². The molecule has 1 aromatic heterocycles. The molecule has 0 amide bonds. The minimum absolute atomic E-state index is 0.162. The molecule has 0 aliphatic carbocycles. The quantitative estimate of drug-likeness (QED) is 0.290. The number of H-pyrrole nitrogens is 1. The van der Waals surface area contributed by atoms with Crippen molar-refractivity contribution >= 4 is 16.7 Å². The molecule has 0 aliphatic heterocycles. The molecule has 0 unspecified atom stereocenters. The lowest BCUT2D eigenvalue weighted by Crippen LogP contribution is -2.08. The molecule has 0 aliphatic rings. The second-order valence-corrected chi connectivity index (χ2v) is 6.45. The average molecular weight is 376 g/mol. The zero-order chi connectivity index (χ0) is 19.3. The van der Waals surface area contributed by atoms with E-state index in [9.17, 15) is 10.2 Å². The lowest BCUT2D eigenvalue weighted by atomic mass is 10.0. The molecule has 0 fully saturated rings. The molecule has 3 aromatic carbocycles. The number of rotatable bonds is 7. The lowest BCUT2D eigenvalue weighted by Gasteiger charge is -2.10. The minimum Gasteiger partial charge on any atom is -0.508 e. The molecule has 4 rings (SSSR count). The Kier molecular flexibility index (Phi) is 4.97. The van der Waals surface area contributed by atoms with E-state index >= 15 is 0 Å². The fourth-order valence-electron chi connectivity index (χ4n) is 2.95. The Labute approximate surface area is 161 Å². The molecule has 1 heterocycles. The van der Waals surface area contributed by atoms with Gasteiger partial charge in [0.15, 0.2) is 6.73 Å². The monoisotopic (exact) mass is 376 g/mol. The van der Waals surface area contributed by atoms with Gasteiger partial charge in [-0.2, -0.15) is 15.4 Å². The third kappa shape index (κ3) is 4.15. The molecule has 0 saturated carbocycles. The molecular weight excluding hydrogens is 356 g/mol. The van der Waals surface area contributed by atoms with E-state index in [2.05, 4.69) is 20.7 Å². The Hall–Kier alpha value is -3.74. The van der Waals surface area contributed by atoms with Crippen LogP contribution in [-0.4, -0.2) is 32.4 Å². The Bertz CT molecular complexity index is 1080. The fourth-order valence-corrected chi connectivity index (χ4v) is 2.95. The molecule has 0 bridgehead atoms. The molecule has 0 saturated heterocycles. The van der Waals surface area contributed by atoms with Crippen LogP contribution in [0.5, 0.6) is 17.2 Å². The maximum absolute atomic E-state index is 9.85. The SMILES string of the molecule is Oc1ccc(O)c(CCc2ccc(NCOc3ccc4n[nH]nc4c3)cc2)c1. The van der Waals surface area contributed by atoms with Gasteiger partial charge in [-0.1, -0.05) is 12.1 Å². The van der Waals surface area contributed by atoms with E-state index in [1.807, 2.05) is 42.5 Å². The molecule has 4 N–H and O–H groups in total. The lowest BCUT2D eigenvalue weighted by molar-refractivity contribution is 0.347. The van der Waals surface area contributed by atoms with Crippen LogP contribution >= 0.6 is 0 Å². The Morgan fingerprint density at radius 2 is 1.68 bits per heavy atom. The summed E-state index contributed by atoms with van der Waals surface area (Å²) in [6.45, 7) is 0.333. The number of fused-ring (bicyclic) bond motifs is 1. The summed E-state index contributed by atoms with van der Waals surface area (Å²) >= 11 is 0. The second kappa shape index (κ2) is 7.87. The number of nitrogens with zero attached hydrogens (tertiary/aromatic N) is 2. The number of phenols is 2. The van der Waals surface area contributed by atoms with Gasteiger partial charge in [-0.05, 0) is 66.4 Å². The van der Waals surface area contributed by atoms with Gasteiger partial charge in [0.25, 0.3) is 0 Å². The first-order valence-electron chi connectivity index (χ1n) is 8.94. The number of hydrogen-bond donors (Lipinski definition) is 4. The van der Waals surface area contributed by atoms with Crippen molar-refractivity contribution in [3.63, 3.8) is 0 Å². The van der Waals surface area contributed by atoms with E-state index < -0.39 is 0 Å². The maximum atomic E-state index is 9.85. The first-order chi connectivity index (χ1) is 13.7. The van der Waals surface area contributed by atoms with Crippen LogP contribution in [-0.2, 0) is 12.8 Å². The highest BCUT2D eigenvalue weighted by molar-refractivity contribution is 5.75. The zero-order valence-electron chi connectivity index (χ0n) is 15.1. The van der Waals surface area contributed by atoms with Crippen LogP contribution in [0, 0.1) is 0 Å². The van der Waals surface area contributed by atoms with Crippen molar-refractivity contribution in [2.75, 3.05) is 12.0 Å². The summed E-state index contributed by atoms with van der Waals surface area (Å²) in [5, 5.41) is 33.2.